The first-order chi connectivity index (χ1) is 8.69. The van der Waals surface area contributed by atoms with Crippen molar-refractivity contribution in [3.8, 4) is 11.4 Å². The standard InChI is InChI=1S/C10H8N4O3S/c15-8(16)5-18-10-11-9(12-13-10)6-2-1-3-7(4-6)14-17/h1-4H,5H2,(H,15,16)(H,11,12,13). The maximum Gasteiger partial charge on any atom is 0.313 e. The van der Waals surface area contributed by atoms with Gasteiger partial charge in [0.2, 0.25) is 5.16 Å². The molecule has 0 radical (unpaired) electrons. The van der Waals surface area contributed by atoms with Crippen molar-refractivity contribution in [2.75, 3.05) is 5.75 Å². The van der Waals surface area contributed by atoms with Gasteiger partial charge >= 0.3 is 5.97 Å². The fraction of sp³-hybridized carbons (Fsp3) is 0.100. The minimum atomic E-state index is -0.932. The minimum Gasteiger partial charge on any atom is -0.481 e. The monoisotopic (exact) mass is 264 g/mol. The van der Waals surface area contributed by atoms with Gasteiger partial charge in [-0.1, -0.05) is 23.9 Å². The van der Waals surface area contributed by atoms with Gasteiger partial charge in [0.15, 0.2) is 5.82 Å². The molecule has 1 aromatic carbocycles. The lowest BCUT2D eigenvalue weighted by atomic mass is 10.2. The van der Waals surface area contributed by atoms with Gasteiger partial charge in [-0.2, -0.15) is 0 Å². The Labute approximate surface area is 106 Å². The zero-order valence-corrected chi connectivity index (χ0v) is 9.85. The van der Waals surface area contributed by atoms with Crippen molar-refractivity contribution >= 4 is 23.4 Å². The van der Waals surface area contributed by atoms with Gasteiger partial charge in [0, 0.05) is 5.56 Å². The quantitative estimate of drug-likeness (QED) is 0.632. The van der Waals surface area contributed by atoms with Crippen LogP contribution in [0.5, 0.6) is 0 Å². The number of benzene rings is 1. The maximum atomic E-state index is 10.4. The molecule has 0 fully saturated rings. The molecule has 0 bridgehead atoms. The predicted molar refractivity (Wildman–Crippen MR) is 65.6 cm³/mol. The first-order valence-corrected chi connectivity index (χ1v) is 5.88. The number of aromatic nitrogens is 3. The Morgan fingerprint density at radius 2 is 2.33 bits per heavy atom. The van der Waals surface area contributed by atoms with Crippen LogP contribution < -0.4 is 0 Å². The first kappa shape index (κ1) is 12.2. The van der Waals surface area contributed by atoms with Gasteiger partial charge in [0.1, 0.15) is 5.69 Å². The third-order valence-corrected chi connectivity index (χ3v) is 2.85. The lowest BCUT2D eigenvalue weighted by molar-refractivity contribution is -0.133. The SMILES string of the molecule is O=Nc1cccc(-c2nc(SCC(=O)O)n[nH]2)c1. The summed E-state index contributed by atoms with van der Waals surface area (Å²) in [5.41, 5.74) is 0.963. The molecule has 1 aromatic heterocycles. The number of carboxylic acids is 1. The molecule has 0 amide bonds. The zero-order valence-electron chi connectivity index (χ0n) is 9.03. The van der Waals surface area contributed by atoms with Crippen molar-refractivity contribution in [2.24, 2.45) is 5.18 Å². The number of aliphatic carboxylic acids is 1. The Morgan fingerprint density at radius 1 is 1.50 bits per heavy atom. The average molecular weight is 264 g/mol. The number of nitroso groups, excluding NO2 is 1. The third kappa shape index (κ3) is 2.92. The number of aromatic amines is 1. The van der Waals surface area contributed by atoms with Crippen molar-refractivity contribution in [2.45, 2.75) is 5.16 Å². The second-order valence-corrected chi connectivity index (χ2v) is 4.23. The summed E-state index contributed by atoms with van der Waals surface area (Å²) in [5.74, 6) is -0.570. The number of thioether (sulfide) groups is 1. The molecule has 0 aliphatic heterocycles. The van der Waals surface area contributed by atoms with Crippen LogP contribution in [0, 0.1) is 4.91 Å². The highest BCUT2D eigenvalue weighted by molar-refractivity contribution is 7.99. The number of carboxylic acid groups (broad SMARTS) is 1. The van der Waals surface area contributed by atoms with E-state index in [1.54, 1.807) is 24.3 Å². The second-order valence-electron chi connectivity index (χ2n) is 3.29. The van der Waals surface area contributed by atoms with Gasteiger partial charge in [0.25, 0.3) is 0 Å². The van der Waals surface area contributed by atoms with Gasteiger partial charge in [-0.15, -0.1) is 10.0 Å². The highest BCUT2D eigenvalue weighted by Crippen LogP contribution is 2.22. The Balaban J connectivity index is 2.18. The lowest BCUT2D eigenvalue weighted by Gasteiger charge is -1.95. The van der Waals surface area contributed by atoms with Crippen LogP contribution in [0.3, 0.4) is 0 Å². The second kappa shape index (κ2) is 5.41. The summed E-state index contributed by atoms with van der Waals surface area (Å²) in [7, 11) is 0. The van der Waals surface area contributed by atoms with Crippen LogP contribution in [-0.2, 0) is 4.79 Å². The molecule has 0 unspecified atom stereocenters. The molecule has 2 rings (SSSR count). The molecule has 7 nitrogen and oxygen atoms in total. The highest BCUT2D eigenvalue weighted by atomic mass is 32.2. The molecule has 0 saturated carbocycles. The summed E-state index contributed by atoms with van der Waals surface area (Å²) >= 11 is 1.02. The summed E-state index contributed by atoms with van der Waals surface area (Å²) in [4.78, 5) is 24.9. The number of nitrogens with zero attached hydrogens (tertiary/aromatic N) is 3. The van der Waals surface area contributed by atoms with Crippen LogP contribution in [0.15, 0.2) is 34.6 Å². The van der Waals surface area contributed by atoms with Crippen molar-refractivity contribution in [1.29, 1.82) is 0 Å². The number of hydrogen-bond acceptors (Lipinski definition) is 6. The number of nitrogens with one attached hydrogen (secondary N) is 1. The highest BCUT2D eigenvalue weighted by Gasteiger charge is 2.08. The average Bonchev–Trinajstić information content (AvgIpc) is 2.85. The Morgan fingerprint density at radius 3 is 3.06 bits per heavy atom. The number of H-pyrrole nitrogens is 1. The molecule has 2 aromatic rings. The van der Waals surface area contributed by atoms with Crippen molar-refractivity contribution in [3.63, 3.8) is 0 Å². The summed E-state index contributed by atoms with van der Waals surface area (Å²) < 4.78 is 0. The van der Waals surface area contributed by atoms with Crippen molar-refractivity contribution in [3.05, 3.63) is 29.2 Å². The van der Waals surface area contributed by atoms with Gasteiger partial charge < -0.3 is 5.11 Å². The molecule has 92 valence electrons. The van der Waals surface area contributed by atoms with Crippen molar-refractivity contribution < 1.29 is 9.90 Å². The van der Waals surface area contributed by atoms with E-state index in [9.17, 15) is 9.70 Å². The fourth-order valence-corrected chi connectivity index (χ4v) is 1.79. The summed E-state index contributed by atoms with van der Waals surface area (Å²) in [5, 5.41) is 18.3. The Kier molecular flexibility index (Phi) is 3.68. The largest absolute Gasteiger partial charge is 0.481 e. The first-order valence-electron chi connectivity index (χ1n) is 4.90. The van der Waals surface area contributed by atoms with E-state index in [2.05, 4.69) is 20.4 Å². The van der Waals surface area contributed by atoms with Gasteiger partial charge in [-0.25, -0.2) is 4.98 Å². The molecular weight excluding hydrogens is 256 g/mol. The molecule has 18 heavy (non-hydrogen) atoms. The topological polar surface area (TPSA) is 108 Å². The fourth-order valence-electron chi connectivity index (χ4n) is 1.28. The van der Waals surface area contributed by atoms with Crippen molar-refractivity contribution in [1.82, 2.24) is 15.2 Å². The summed E-state index contributed by atoms with van der Waals surface area (Å²) in [6.45, 7) is 0. The van der Waals surface area contributed by atoms with Crippen LogP contribution in [-0.4, -0.2) is 32.0 Å². The lowest BCUT2D eigenvalue weighted by Crippen LogP contribution is -1.97. The number of rotatable bonds is 5. The van der Waals surface area contributed by atoms with E-state index >= 15 is 0 Å². The molecule has 0 spiro atoms. The van der Waals surface area contributed by atoms with E-state index in [1.165, 1.54) is 0 Å². The predicted octanol–water partition coefficient (Wildman–Crippen LogP) is 2.05. The summed E-state index contributed by atoms with van der Waals surface area (Å²) in [6.07, 6.45) is 0. The molecule has 0 saturated heterocycles. The molecule has 0 aliphatic rings. The number of carbonyl (C=O) groups is 1. The van der Waals surface area contributed by atoms with E-state index in [0.29, 0.717) is 22.2 Å². The minimum absolute atomic E-state index is 0.104. The van der Waals surface area contributed by atoms with Crippen LogP contribution >= 0.6 is 11.8 Å². The zero-order chi connectivity index (χ0) is 13.0. The van der Waals surface area contributed by atoms with Crippen LogP contribution in [0.1, 0.15) is 0 Å². The molecule has 0 aliphatic carbocycles. The normalized spacial score (nSPS) is 10.2. The summed E-state index contributed by atoms with van der Waals surface area (Å²) in [6, 6.07) is 6.58. The molecular formula is C10H8N4O3S. The molecule has 8 heteroatoms. The van der Waals surface area contributed by atoms with E-state index < -0.39 is 5.97 Å². The Bertz CT molecular complexity index is 584. The van der Waals surface area contributed by atoms with Crippen LogP contribution in [0.4, 0.5) is 5.69 Å². The van der Waals surface area contributed by atoms with E-state index in [0.717, 1.165) is 11.8 Å². The van der Waals surface area contributed by atoms with E-state index in [-0.39, 0.29) is 5.75 Å². The molecule has 0 atom stereocenters. The smallest absolute Gasteiger partial charge is 0.313 e. The molecule has 2 N–H and O–H groups in total. The van der Waals surface area contributed by atoms with Gasteiger partial charge in [-0.3, -0.25) is 9.89 Å². The van der Waals surface area contributed by atoms with Crippen LogP contribution in [0.25, 0.3) is 11.4 Å². The Hall–Kier alpha value is -2.22. The van der Waals surface area contributed by atoms with E-state index in [1.807, 2.05) is 0 Å². The third-order valence-electron chi connectivity index (χ3n) is 2.01. The van der Waals surface area contributed by atoms with Gasteiger partial charge in [0.05, 0.1) is 5.75 Å². The van der Waals surface area contributed by atoms with E-state index in [4.69, 9.17) is 5.11 Å². The molecule has 1 heterocycles. The maximum absolute atomic E-state index is 10.4. The number of hydrogen-bond donors (Lipinski definition) is 2. The van der Waals surface area contributed by atoms with Crippen LogP contribution in [0.2, 0.25) is 0 Å². The van der Waals surface area contributed by atoms with Gasteiger partial charge in [-0.05, 0) is 17.3 Å².